The fourth-order valence-corrected chi connectivity index (χ4v) is 2.83. The van der Waals surface area contributed by atoms with Crippen molar-refractivity contribution in [2.75, 3.05) is 11.9 Å². The van der Waals surface area contributed by atoms with Crippen molar-refractivity contribution < 1.29 is 13.9 Å². The third-order valence-electron chi connectivity index (χ3n) is 3.85. The van der Waals surface area contributed by atoms with Crippen LogP contribution < -0.4 is 14.8 Å². The van der Waals surface area contributed by atoms with E-state index in [4.69, 9.17) is 21.7 Å². The number of nitrogens with one attached hydrogen (secondary N) is 2. The lowest BCUT2D eigenvalue weighted by Gasteiger charge is -2.27. The third kappa shape index (κ3) is 3.18. The first kappa shape index (κ1) is 15.6. The molecule has 0 fully saturated rings. The largest absolute Gasteiger partial charge is 0.485 e. The van der Waals surface area contributed by atoms with Crippen molar-refractivity contribution in [3.8, 4) is 22.6 Å². The molecule has 0 amide bonds. The van der Waals surface area contributed by atoms with Crippen LogP contribution >= 0.6 is 12.2 Å². The molecule has 126 valence electrons. The maximum atomic E-state index is 14.3. The molecule has 1 aliphatic rings. The van der Waals surface area contributed by atoms with Gasteiger partial charge >= 0.3 is 0 Å². The number of ether oxygens (including phenoxy) is 2. The maximum Gasteiger partial charge on any atom is 0.183 e. The molecule has 0 radical (unpaired) electrons. The number of benzene rings is 2. The van der Waals surface area contributed by atoms with Gasteiger partial charge in [-0.3, -0.25) is 5.10 Å². The van der Waals surface area contributed by atoms with E-state index in [1.165, 1.54) is 6.07 Å². The molecule has 0 saturated heterocycles. The zero-order chi connectivity index (χ0) is 17.2. The van der Waals surface area contributed by atoms with E-state index in [-0.39, 0.29) is 5.82 Å². The van der Waals surface area contributed by atoms with E-state index in [9.17, 15) is 4.39 Å². The van der Waals surface area contributed by atoms with Crippen molar-refractivity contribution in [2.24, 2.45) is 0 Å². The zero-order valence-electron chi connectivity index (χ0n) is 13.0. The number of aromatic amines is 1. The molecule has 2 aromatic carbocycles. The average Bonchev–Trinajstić information content (AvgIpc) is 3.15. The highest BCUT2D eigenvalue weighted by atomic mass is 32.1. The standard InChI is InChI=1S/C18H14FN3O2S/c19-14-7-12(5-6-13(14)11-8-20-21-9-11)22-18(25)17-10-23-15-3-1-2-4-16(15)24-17/h1-9,17H,10H2,(H,20,21)(H,22,25). The summed E-state index contributed by atoms with van der Waals surface area (Å²) in [6, 6.07) is 12.2. The Labute approximate surface area is 148 Å². The van der Waals surface area contributed by atoms with Crippen LogP contribution in [0.1, 0.15) is 0 Å². The van der Waals surface area contributed by atoms with Gasteiger partial charge in [0.25, 0.3) is 0 Å². The highest BCUT2D eigenvalue weighted by molar-refractivity contribution is 7.80. The number of H-pyrrole nitrogens is 1. The number of hydrogen-bond donors (Lipinski definition) is 2. The Hall–Kier alpha value is -2.93. The van der Waals surface area contributed by atoms with E-state index < -0.39 is 6.10 Å². The van der Waals surface area contributed by atoms with Crippen LogP contribution in [0.5, 0.6) is 11.5 Å². The number of hydrogen-bond acceptors (Lipinski definition) is 4. The number of aromatic nitrogens is 2. The van der Waals surface area contributed by atoms with Crippen LogP contribution in [0.15, 0.2) is 54.9 Å². The Morgan fingerprint density at radius 2 is 2.08 bits per heavy atom. The molecular formula is C18H14FN3O2S. The average molecular weight is 355 g/mol. The number of thiocarbonyl (C=S) groups is 1. The number of halogens is 1. The smallest absolute Gasteiger partial charge is 0.183 e. The van der Waals surface area contributed by atoms with Crippen molar-refractivity contribution in [1.29, 1.82) is 0 Å². The summed E-state index contributed by atoms with van der Waals surface area (Å²) in [4.78, 5) is 0.435. The summed E-state index contributed by atoms with van der Waals surface area (Å²) in [5.41, 5.74) is 1.71. The second kappa shape index (κ2) is 6.52. The number of fused-ring (bicyclic) bond motifs is 1. The fourth-order valence-electron chi connectivity index (χ4n) is 2.60. The van der Waals surface area contributed by atoms with Gasteiger partial charge in [-0.25, -0.2) is 4.39 Å². The van der Waals surface area contributed by atoms with Crippen LogP contribution in [0.4, 0.5) is 10.1 Å². The minimum Gasteiger partial charge on any atom is -0.485 e. The van der Waals surface area contributed by atoms with Gasteiger partial charge in [-0.1, -0.05) is 24.4 Å². The van der Waals surface area contributed by atoms with Gasteiger partial charge in [-0.2, -0.15) is 5.10 Å². The SMILES string of the molecule is Fc1cc(NC(=S)C2COc3ccccc3O2)ccc1-c1cn[nH]c1. The summed E-state index contributed by atoms with van der Waals surface area (Å²) < 4.78 is 25.8. The number of nitrogens with zero attached hydrogens (tertiary/aromatic N) is 1. The molecule has 4 rings (SSSR count). The summed E-state index contributed by atoms with van der Waals surface area (Å²) in [5.74, 6) is 0.974. The molecule has 2 heterocycles. The topological polar surface area (TPSA) is 59.2 Å². The zero-order valence-corrected chi connectivity index (χ0v) is 13.8. The summed E-state index contributed by atoms with van der Waals surface area (Å²) in [7, 11) is 0. The molecule has 7 heteroatoms. The van der Waals surface area contributed by atoms with Crippen molar-refractivity contribution in [1.82, 2.24) is 10.2 Å². The summed E-state index contributed by atoms with van der Waals surface area (Å²) >= 11 is 5.39. The van der Waals surface area contributed by atoms with E-state index in [1.807, 2.05) is 24.3 Å². The molecule has 1 unspecified atom stereocenters. The Morgan fingerprint density at radius 1 is 1.24 bits per heavy atom. The fraction of sp³-hybridized carbons (Fsp3) is 0.111. The van der Waals surface area contributed by atoms with Gasteiger partial charge < -0.3 is 14.8 Å². The first-order valence-electron chi connectivity index (χ1n) is 7.69. The van der Waals surface area contributed by atoms with Crippen molar-refractivity contribution in [3.63, 3.8) is 0 Å². The molecule has 0 aliphatic carbocycles. The van der Waals surface area contributed by atoms with E-state index in [2.05, 4.69) is 15.5 Å². The summed E-state index contributed by atoms with van der Waals surface area (Å²) in [6.07, 6.45) is 2.78. The Kier molecular flexibility index (Phi) is 4.07. The third-order valence-corrected chi connectivity index (χ3v) is 4.21. The van der Waals surface area contributed by atoms with Crippen molar-refractivity contribution >= 4 is 22.9 Å². The molecule has 1 aliphatic heterocycles. The van der Waals surface area contributed by atoms with Crippen LogP contribution in [-0.2, 0) is 0 Å². The summed E-state index contributed by atoms with van der Waals surface area (Å²) in [5, 5.41) is 9.52. The normalized spacial score (nSPS) is 15.6. The van der Waals surface area contributed by atoms with Crippen LogP contribution in [-0.4, -0.2) is 27.9 Å². The molecule has 0 spiro atoms. The summed E-state index contributed by atoms with van der Waals surface area (Å²) in [6.45, 7) is 0.304. The van der Waals surface area contributed by atoms with Crippen LogP contribution in [0, 0.1) is 5.82 Å². The van der Waals surface area contributed by atoms with Crippen molar-refractivity contribution in [3.05, 3.63) is 60.7 Å². The highest BCUT2D eigenvalue weighted by Gasteiger charge is 2.24. The van der Waals surface area contributed by atoms with Crippen molar-refractivity contribution in [2.45, 2.75) is 6.10 Å². The van der Waals surface area contributed by atoms with Gasteiger partial charge in [0.2, 0.25) is 0 Å². The molecule has 2 N–H and O–H groups in total. The lowest BCUT2D eigenvalue weighted by atomic mass is 10.1. The van der Waals surface area contributed by atoms with Gasteiger partial charge in [-0.15, -0.1) is 0 Å². The van der Waals surface area contributed by atoms with Crippen LogP contribution in [0.25, 0.3) is 11.1 Å². The quantitative estimate of drug-likeness (QED) is 0.700. The first-order chi connectivity index (χ1) is 12.2. The second-order valence-electron chi connectivity index (χ2n) is 5.54. The highest BCUT2D eigenvalue weighted by Crippen LogP contribution is 2.31. The van der Waals surface area contributed by atoms with Gasteiger partial charge in [0.1, 0.15) is 17.4 Å². The first-order valence-corrected chi connectivity index (χ1v) is 8.09. The lowest BCUT2D eigenvalue weighted by Crippen LogP contribution is -2.39. The number of para-hydroxylation sites is 2. The molecule has 0 saturated carbocycles. The molecule has 1 atom stereocenters. The van der Waals surface area contributed by atoms with E-state index >= 15 is 0 Å². The van der Waals surface area contributed by atoms with Gasteiger partial charge in [-0.05, 0) is 30.3 Å². The predicted octanol–water partition coefficient (Wildman–Crippen LogP) is 3.80. The van der Waals surface area contributed by atoms with E-state index in [1.54, 1.807) is 24.5 Å². The Bertz CT molecular complexity index is 914. The van der Waals surface area contributed by atoms with E-state index in [0.717, 1.165) is 0 Å². The van der Waals surface area contributed by atoms with Gasteiger partial charge in [0, 0.05) is 23.0 Å². The van der Waals surface area contributed by atoms with E-state index in [0.29, 0.717) is 39.9 Å². The van der Waals surface area contributed by atoms with Gasteiger partial charge in [0.15, 0.2) is 17.6 Å². The van der Waals surface area contributed by atoms with Crippen LogP contribution in [0.3, 0.4) is 0 Å². The Morgan fingerprint density at radius 3 is 2.84 bits per heavy atom. The predicted molar refractivity (Wildman–Crippen MR) is 96.6 cm³/mol. The van der Waals surface area contributed by atoms with Crippen LogP contribution in [0.2, 0.25) is 0 Å². The number of rotatable bonds is 3. The monoisotopic (exact) mass is 355 g/mol. The number of anilines is 1. The minimum absolute atomic E-state index is 0.304. The molecule has 3 aromatic rings. The molecular weight excluding hydrogens is 341 g/mol. The maximum absolute atomic E-state index is 14.3. The molecule has 25 heavy (non-hydrogen) atoms. The van der Waals surface area contributed by atoms with Gasteiger partial charge in [0.05, 0.1) is 6.20 Å². The molecule has 1 aromatic heterocycles. The Balaban J connectivity index is 1.47. The second-order valence-corrected chi connectivity index (χ2v) is 5.97. The lowest BCUT2D eigenvalue weighted by molar-refractivity contribution is 0.136. The molecule has 0 bridgehead atoms. The minimum atomic E-state index is -0.429. The molecule has 5 nitrogen and oxygen atoms in total.